The summed E-state index contributed by atoms with van der Waals surface area (Å²) in [5.74, 6) is -0.762. The molecule has 0 unspecified atom stereocenters. The van der Waals surface area contributed by atoms with E-state index in [-0.39, 0.29) is 17.9 Å². The minimum absolute atomic E-state index is 0.0334. The molecule has 1 N–H and O–H groups in total. The minimum Gasteiger partial charge on any atom is -0.378 e. The van der Waals surface area contributed by atoms with Crippen LogP contribution < -0.4 is 10.2 Å². The highest BCUT2D eigenvalue weighted by atomic mass is 19.1. The van der Waals surface area contributed by atoms with Crippen molar-refractivity contribution in [3.8, 4) is 0 Å². The Kier molecular flexibility index (Phi) is 4.74. The van der Waals surface area contributed by atoms with Gasteiger partial charge in [-0.1, -0.05) is 0 Å². The summed E-state index contributed by atoms with van der Waals surface area (Å²) < 4.78 is 25.4. The quantitative estimate of drug-likeness (QED) is 0.925. The molecule has 1 aliphatic heterocycles. The van der Waals surface area contributed by atoms with Crippen LogP contribution in [0.15, 0.2) is 18.2 Å². The molecule has 0 aromatic heterocycles. The van der Waals surface area contributed by atoms with Crippen molar-refractivity contribution in [3.05, 3.63) is 24.0 Å². The number of rotatable bonds is 4. The Hall–Kier alpha value is -1.33. The lowest BCUT2D eigenvalue weighted by molar-refractivity contribution is -0.247. The largest absolute Gasteiger partial charge is 0.378 e. The van der Waals surface area contributed by atoms with Crippen molar-refractivity contribution in [1.29, 1.82) is 0 Å². The van der Waals surface area contributed by atoms with Crippen molar-refractivity contribution >= 4 is 11.4 Å². The molecular weight excluding hydrogens is 271 g/mol. The van der Waals surface area contributed by atoms with Crippen molar-refractivity contribution in [3.63, 3.8) is 0 Å². The number of nitrogens with zero attached hydrogens (tertiary/aromatic N) is 1. The average molecular weight is 296 g/mol. The van der Waals surface area contributed by atoms with E-state index in [2.05, 4.69) is 5.32 Å². The molecule has 0 atom stereocenters. The van der Waals surface area contributed by atoms with E-state index in [1.807, 2.05) is 45.7 Å². The van der Waals surface area contributed by atoms with Crippen LogP contribution in [0.25, 0.3) is 0 Å². The Labute approximate surface area is 126 Å². The highest BCUT2D eigenvalue weighted by Gasteiger charge is 2.28. The summed E-state index contributed by atoms with van der Waals surface area (Å²) in [4.78, 5) is 1.91. The Morgan fingerprint density at radius 3 is 2.43 bits per heavy atom. The fourth-order valence-electron chi connectivity index (χ4n) is 2.17. The zero-order valence-corrected chi connectivity index (χ0v) is 13.4. The Balaban J connectivity index is 2.01. The molecule has 1 saturated heterocycles. The van der Waals surface area contributed by atoms with Crippen molar-refractivity contribution in [2.45, 2.75) is 45.6 Å². The maximum Gasteiger partial charge on any atom is 0.162 e. The van der Waals surface area contributed by atoms with Crippen LogP contribution in [0, 0.1) is 5.82 Å². The maximum atomic E-state index is 14.2. The topological polar surface area (TPSA) is 33.7 Å². The third kappa shape index (κ3) is 4.08. The van der Waals surface area contributed by atoms with Crippen LogP contribution in [0.2, 0.25) is 0 Å². The van der Waals surface area contributed by atoms with E-state index in [0.29, 0.717) is 18.9 Å². The number of halogens is 1. The first-order valence-corrected chi connectivity index (χ1v) is 7.35. The summed E-state index contributed by atoms with van der Waals surface area (Å²) in [5, 5.41) is 3.25. The molecule has 2 rings (SSSR count). The second-order valence-corrected chi connectivity index (χ2v) is 6.23. The molecule has 1 aliphatic rings. The van der Waals surface area contributed by atoms with E-state index in [0.717, 1.165) is 5.69 Å². The summed E-state index contributed by atoms with van der Waals surface area (Å²) in [6.07, 6.45) is 0. The normalized spacial score (nSPS) is 18.8. The van der Waals surface area contributed by atoms with Gasteiger partial charge in [0.25, 0.3) is 0 Å². The summed E-state index contributed by atoms with van der Waals surface area (Å²) in [7, 11) is 1.89. The first kappa shape index (κ1) is 16.0. The van der Waals surface area contributed by atoms with Gasteiger partial charge in [-0.05, 0) is 45.9 Å². The van der Waals surface area contributed by atoms with E-state index in [4.69, 9.17) is 9.47 Å². The number of hydrogen-bond donors (Lipinski definition) is 1. The molecule has 1 aromatic rings. The zero-order chi connectivity index (χ0) is 15.6. The number of benzene rings is 1. The Morgan fingerprint density at radius 2 is 1.90 bits per heavy atom. The monoisotopic (exact) mass is 296 g/mol. The molecular formula is C16H25FN2O2. The molecule has 0 amide bonds. The number of anilines is 2. The van der Waals surface area contributed by atoms with Gasteiger partial charge in [0.1, 0.15) is 5.82 Å². The van der Waals surface area contributed by atoms with E-state index in [9.17, 15) is 4.39 Å². The zero-order valence-electron chi connectivity index (χ0n) is 13.4. The first-order chi connectivity index (χ1) is 9.78. The number of hydrogen-bond acceptors (Lipinski definition) is 4. The lowest BCUT2D eigenvalue weighted by Gasteiger charge is -2.35. The van der Waals surface area contributed by atoms with Crippen LogP contribution in [-0.4, -0.2) is 38.1 Å². The van der Waals surface area contributed by atoms with Gasteiger partial charge >= 0.3 is 0 Å². The van der Waals surface area contributed by atoms with Gasteiger partial charge in [-0.15, -0.1) is 0 Å². The molecule has 5 heteroatoms. The molecule has 0 saturated carbocycles. The average Bonchev–Trinajstić information content (AvgIpc) is 2.40. The van der Waals surface area contributed by atoms with Gasteiger partial charge in [-0.25, -0.2) is 4.39 Å². The highest BCUT2D eigenvalue weighted by Crippen LogP contribution is 2.25. The van der Waals surface area contributed by atoms with Crippen LogP contribution in [0.4, 0.5) is 15.8 Å². The highest BCUT2D eigenvalue weighted by molar-refractivity contribution is 5.56. The second-order valence-electron chi connectivity index (χ2n) is 6.23. The molecule has 0 radical (unpaired) electrons. The lowest BCUT2D eigenvalue weighted by Crippen LogP contribution is -2.45. The molecule has 0 spiro atoms. The fraction of sp³-hybridized carbons (Fsp3) is 0.625. The summed E-state index contributed by atoms with van der Waals surface area (Å²) >= 11 is 0. The van der Waals surface area contributed by atoms with Crippen LogP contribution in [0.5, 0.6) is 0 Å². The van der Waals surface area contributed by atoms with Gasteiger partial charge < -0.3 is 19.7 Å². The van der Waals surface area contributed by atoms with Crippen LogP contribution in [-0.2, 0) is 9.47 Å². The van der Waals surface area contributed by atoms with Crippen molar-refractivity contribution in [2.24, 2.45) is 0 Å². The Morgan fingerprint density at radius 1 is 1.29 bits per heavy atom. The molecule has 21 heavy (non-hydrogen) atoms. The van der Waals surface area contributed by atoms with Gasteiger partial charge in [0, 0.05) is 18.8 Å². The van der Waals surface area contributed by atoms with Gasteiger partial charge in [-0.2, -0.15) is 0 Å². The maximum absolute atomic E-state index is 14.2. The molecule has 0 bridgehead atoms. The molecule has 1 fully saturated rings. The molecule has 1 heterocycles. The molecule has 1 aromatic carbocycles. The van der Waals surface area contributed by atoms with Crippen molar-refractivity contribution < 1.29 is 13.9 Å². The fourth-order valence-corrected chi connectivity index (χ4v) is 2.17. The van der Waals surface area contributed by atoms with Crippen LogP contribution in [0.3, 0.4) is 0 Å². The SMILES string of the molecule is CC(C)N(C)c1ccc(NC2COC(C)(C)OC2)cc1F. The summed E-state index contributed by atoms with van der Waals surface area (Å²) in [6, 6.07) is 5.49. The van der Waals surface area contributed by atoms with E-state index < -0.39 is 5.79 Å². The third-order valence-electron chi connectivity index (χ3n) is 3.74. The Bertz CT molecular complexity index is 481. The standard InChI is InChI=1S/C16H25FN2O2/c1-11(2)19(5)15-7-6-12(8-14(15)17)18-13-9-20-16(3,4)21-10-13/h6-8,11,13,18H,9-10H2,1-5H3. The summed E-state index contributed by atoms with van der Waals surface area (Å²) in [5.41, 5.74) is 1.35. The predicted octanol–water partition coefficient (Wildman–Crippen LogP) is 3.23. The van der Waals surface area contributed by atoms with Gasteiger partial charge in [0.2, 0.25) is 0 Å². The van der Waals surface area contributed by atoms with E-state index in [1.54, 1.807) is 6.07 Å². The van der Waals surface area contributed by atoms with E-state index >= 15 is 0 Å². The minimum atomic E-state index is -0.534. The second kappa shape index (κ2) is 6.20. The molecule has 0 aliphatic carbocycles. The number of ether oxygens (including phenoxy) is 2. The molecule has 118 valence electrons. The van der Waals surface area contributed by atoms with Crippen molar-refractivity contribution in [1.82, 2.24) is 0 Å². The van der Waals surface area contributed by atoms with Crippen molar-refractivity contribution in [2.75, 3.05) is 30.5 Å². The molecule has 4 nitrogen and oxygen atoms in total. The lowest BCUT2D eigenvalue weighted by atomic mass is 10.2. The van der Waals surface area contributed by atoms with E-state index in [1.165, 1.54) is 6.07 Å². The van der Waals surface area contributed by atoms with Gasteiger partial charge in [-0.3, -0.25) is 0 Å². The van der Waals surface area contributed by atoms with Gasteiger partial charge in [0.15, 0.2) is 5.79 Å². The third-order valence-corrected chi connectivity index (χ3v) is 3.74. The van der Waals surface area contributed by atoms with Crippen LogP contribution >= 0.6 is 0 Å². The first-order valence-electron chi connectivity index (χ1n) is 7.35. The number of nitrogens with one attached hydrogen (secondary N) is 1. The van der Waals surface area contributed by atoms with Gasteiger partial charge in [0.05, 0.1) is 24.9 Å². The van der Waals surface area contributed by atoms with Crippen LogP contribution in [0.1, 0.15) is 27.7 Å². The smallest absolute Gasteiger partial charge is 0.162 e. The predicted molar refractivity (Wildman–Crippen MR) is 83.3 cm³/mol. The summed E-state index contributed by atoms with van der Waals surface area (Å²) in [6.45, 7) is 8.93.